The molecule has 24 heavy (non-hydrogen) atoms. The fourth-order valence-electron chi connectivity index (χ4n) is 2.92. The van der Waals surface area contributed by atoms with Crippen molar-refractivity contribution >= 4 is 5.91 Å². The Morgan fingerprint density at radius 3 is 2.75 bits per heavy atom. The Bertz CT molecular complexity index is 686. The lowest BCUT2D eigenvalue weighted by molar-refractivity contribution is -0.145. The molecular formula is C20H23NO3. The van der Waals surface area contributed by atoms with Crippen molar-refractivity contribution in [1.82, 2.24) is 4.90 Å². The number of morpholine rings is 1. The molecule has 0 aromatic heterocycles. The van der Waals surface area contributed by atoms with Crippen molar-refractivity contribution in [3.8, 4) is 5.75 Å². The first kappa shape index (κ1) is 16.5. The van der Waals surface area contributed by atoms with Crippen LogP contribution in [0, 0.1) is 6.92 Å². The summed E-state index contributed by atoms with van der Waals surface area (Å²) < 4.78 is 11.6. The second-order valence-corrected chi connectivity index (χ2v) is 6.13. The molecule has 0 spiro atoms. The molecule has 0 saturated carbocycles. The fourth-order valence-corrected chi connectivity index (χ4v) is 2.92. The topological polar surface area (TPSA) is 38.8 Å². The molecule has 2 unspecified atom stereocenters. The summed E-state index contributed by atoms with van der Waals surface area (Å²) in [4.78, 5) is 14.5. The minimum absolute atomic E-state index is 0.000683. The van der Waals surface area contributed by atoms with Gasteiger partial charge in [-0.2, -0.15) is 0 Å². The van der Waals surface area contributed by atoms with Gasteiger partial charge in [-0.15, -0.1) is 0 Å². The third kappa shape index (κ3) is 3.95. The number of amides is 1. The lowest BCUT2D eigenvalue weighted by Crippen LogP contribution is -2.47. The monoisotopic (exact) mass is 325 g/mol. The molecule has 1 heterocycles. The van der Waals surface area contributed by atoms with Crippen LogP contribution in [0.4, 0.5) is 0 Å². The Kier molecular flexibility index (Phi) is 5.16. The van der Waals surface area contributed by atoms with Crippen molar-refractivity contribution < 1.29 is 14.3 Å². The first-order valence-corrected chi connectivity index (χ1v) is 8.32. The van der Waals surface area contributed by atoms with Crippen LogP contribution in [0.2, 0.25) is 0 Å². The van der Waals surface area contributed by atoms with E-state index in [0.717, 1.165) is 16.9 Å². The van der Waals surface area contributed by atoms with Gasteiger partial charge in [0.25, 0.3) is 5.91 Å². The molecule has 0 N–H and O–H groups in total. The smallest absolute Gasteiger partial charge is 0.263 e. The summed E-state index contributed by atoms with van der Waals surface area (Å²) in [7, 11) is 0. The van der Waals surface area contributed by atoms with Gasteiger partial charge in [0, 0.05) is 6.54 Å². The maximum absolute atomic E-state index is 12.7. The Hall–Kier alpha value is -2.33. The van der Waals surface area contributed by atoms with E-state index in [1.54, 1.807) is 6.92 Å². The summed E-state index contributed by atoms with van der Waals surface area (Å²) in [5, 5.41) is 0. The average Bonchev–Trinajstić information content (AvgIpc) is 2.62. The first-order chi connectivity index (χ1) is 11.6. The van der Waals surface area contributed by atoms with Gasteiger partial charge in [0.15, 0.2) is 6.10 Å². The molecule has 0 radical (unpaired) electrons. The molecule has 1 saturated heterocycles. The highest BCUT2D eigenvalue weighted by Crippen LogP contribution is 2.23. The zero-order valence-corrected chi connectivity index (χ0v) is 14.1. The van der Waals surface area contributed by atoms with Crippen LogP contribution in [-0.2, 0) is 9.53 Å². The van der Waals surface area contributed by atoms with E-state index in [9.17, 15) is 4.79 Å². The number of aryl methyl sites for hydroxylation is 1. The number of carbonyl (C=O) groups is 1. The van der Waals surface area contributed by atoms with Crippen LogP contribution in [0.3, 0.4) is 0 Å². The fraction of sp³-hybridized carbons (Fsp3) is 0.350. The third-order valence-corrected chi connectivity index (χ3v) is 4.20. The van der Waals surface area contributed by atoms with Crippen molar-refractivity contribution in [2.24, 2.45) is 0 Å². The van der Waals surface area contributed by atoms with Crippen LogP contribution in [0.1, 0.15) is 24.2 Å². The number of benzene rings is 2. The molecule has 1 aliphatic heterocycles. The molecule has 4 nitrogen and oxygen atoms in total. The molecule has 0 aliphatic carbocycles. The van der Waals surface area contributed by atoms with Gasteiger partial charge >= 0.3 is 0 Å². The predicted octanol–water partition coefficient (Wildman–Crippen LogP) is 3.36. The molecule has 2 aromatic carbocycles. The zero-order chi connectivity index (χ0) is 16.9. The highest BCUT2D eigenvalue weighted by atomic mass is 16.5. The second kappa shape index (κ2) is 7.49. The minimum Gasteiger partial charge on any atom is -0.481 e. The summed E-state index contributed by atoms with van der Waals surface area (Å²) in [5.74, 6) is 0.726. The zero-order valence-electron chi connectivity index (χ0n) is 14.1. The van der Waals surface area contributed by atoms with Gasteiger partial charge in [-0.3, -0.25) is 4.79 Å². The Morgan fingerprint density at radius 2 is 2.00 bits per heavy atom. The Labute approximate surface area is 143 Å². The van der Waals surface area contributed by atoms with Crippen LogP contribution in [0.15, 0.2) is 54.6 Å². The van der Waals surface area contributed by atoms with E-state index in [0.29, 0.717) is 19.7 Å². The quantitative estimate of drug-likeness (QED) is 0.865. The summed E-state index contributed by atoms with van der Waals surface area (Å²) >= 11 is 0. The minimum atomic E-state index is -0.513. The summed E-state index contributed by atoms with van der Waals surface area (Å²) in [5.41, 5.74) is 2.21. The van der Waals surface area contributed by atoms with Crippen molar-refractivity contribution in [3.05, 3.63) is 65.7 Å². The van der Waals surface area contributed by atoms with Gasteiger partial charge in [0.05, 0.1) is 13.2 Å². The largest absolute Gasteiger partial charge is 0.481 e. The Balaban J connectivity index is 1.63. The third-order valence-electron chi connectivity index (χ3n) is 4.20. The van der Waals surface area contributed by atoms with Crippen LogP contribution < -0.4 is 4.74 Å². The highest BCUT2D eigenvalue weighted by molar-refractivity contribution is 5.81. The molecule has 3 rings (SSSR count). The van der Waals surface area contributed by atoms with Crippen LogP contribution >= 0.6 is 0 Å². The number of ether oxygens (including phenoxy) is 2. The molecule has 126 valence electrons. The van der Waals surface area contributed by atoms with E-state index >= 15 is 0 Å². The van der Waals surface area contributed by atoms with E-state index in [4.69, 9.17) is 9.47 Å². The maximum atomic E-state index is 12.7. The number of hydrogen-bond donors (Lipinski definition) is 0. The van der Waals surface area contributed by atoms with Gasteiger partial charge in [-0.1, -0.05) is 42.5 Å². The lowest BCUT2D eigenvalue weighted by Gasteiger charge is -2.34. The van der Waals surface area contributed by atoms with Gasteiger partial charge in [-0.05, 0) is 37.1 Å². The predicted molar refractivity (Wildman–Crippen MR) is 93.0 cm³/mol. The van der Waals surface area contributed by atoms with Crippen LogP contribution in [-0.4, -0.2) is 36.6 Å². The van der Waals surface area contributed by atoms with Crippen LogP contribution in [0.25, 0.3) is 0 Å². The molecule has 2 atom stereocenters. The van der Waals surface area contributed by atoms with E-state index in [1.165, 1.54) is 0 Å². The number of carbonyl (C=O) groups excluding carboxylic acids is 1. The summed E-state index contributed by atoms with van der Waals surface area (Å²) in [6.07, 6.45) is -0.587. The molecule has 0 bridgehead atoms. The van der Waals surface area contributed by atoms with Crippen molar-refractivity contribution in [3.63, 3.8) is 0 Å². The van der Waals surface area contributed by atoms with Crippen molar-refractivity contribution in [1.29, 1.82) is 0 Å². The summed E-state index contributed by atoms with van der Waals surface area (Å²) in [6.45, 7) is 5.51. The molecule has 4 heteroatoms. The lowest BCUT2D eigenvalue weighted by atomic mass is 10.1. The first-order valence-electron chi connectivity index (χ1n) is 8.32. The normalized spacial score (nSPS) is 18.9. The SMILES string of the molecule is Cc1cccc(OC(C)C(=O)N2CCOC(c3ccccc3)C2)c1. The second-order valence-electron chi connectivity index (χ2n) is 6.13. The Morgan fingerprint density at radius 1 is 1.21 bits per heavy atom. The van der Waals surface area contributed by atoms with Gasteiger partial charge in [-0.25, -0.2) is 0 Å². The molecule has 1 aliphatic rings. The number of hydrogen-bond acceptors (Lipinski definition) is 3. The van der Waals surface area contributed by atoms with Crippen molar-refractivity contribution in [2.75, 3.05) is 19.7 Å². The highest BCUT2D eigenvalue weighted by Gasteiger charge is 2.29. The standard InChI is InChI=1S/C20H23NO3/c1-15-7-6-10-18(13-15)24-16(2)20(22)21-11-12-23-19(14-21)17-8-4-3-5-9-17/h3-10,13,16,19H,11-12,14H2,1-2H3. The van der Waals surface area contributed by atoms with Crippen molar-refractivity contribution in [2.45, 2.75) is 26.1 Å². The van der Waals surface area contributed by atoms with Crippen LogP contribution in [0.5, 0.6) is 5.75 Å². The number of rotatable bonds is 4. The van der Waals surface area contributed by atoms with E-state index < -0.39 is 6.10 Å². The van der Waals surface area contributed by atoms with E-state index in [2.05, 4.69) is 0 Å². The molecular weight excluding hydrogens is 302 g/mol. The molecule has 1 amide bonds. The maximum Gasteiger partial charge on any atom is 0.263 e. The van der Waals surface area contributed by atoms with Gasteiger partial charge in [0.2, 0.25) is 0 Å². The molecule has 1 fully saturated rings. The molecule has 2 aromatic rings. The van der Waals surface area contributed by atoms with Gasteiger partial charge in [0.1, 0.15) is 11.9 Å². The average molecular weight is 325 g/mol. The summed E-state index contributed by atoms with van der Waals surface area (Å²) in [6, 6.07) is 17.8. The van der Waals surface area contributed by atoms with E-state index in [-0.39, 0.29) is 12.0 Å². The number of nitrogens with zero attached hydrogens (tertiary/aromatic N) is 1. The van der Waals surface area contributed by atoms with Gasteiger partial charge < -0.3 is 14.4 Å². The van der Waals surface area contributed by atoms with E-state index in [1.807, 2.05) is 66.4 Å².